The van der Waals surface area contributed by atoms with Crippen molar-refractivity contribution in [2.45, 2.75) is 17.7 Å². The molecular weight excluding hydrogens is 222 g/mol. The van der Waals surface area contributed by atoms with Crippen molar-refractivity contribution >= 4 is 40.0 Å². The van der Waals surface area contributed by atoms with Crippen molar-refractivity contribution in [3.63, 3.8) is 0 Å². The van der Waals surface area contributed by atoms with E-state index in [0.29, 0.717) is 5.13 Å². The van der Waals surface area contributed by atoms with Gasteiger partial charge in [-0.05, 0) is 17.9 Å². The van der Waals surface area contributed by atoms with E-state index in [1.807, 2.05) is 11.8 Å². The van der Waals surface area contributed by atoms with E-state index in [4.69, 9.17) is 5.73 Å². The Kier molecular flexibility index (Phi) is 5.57. The quantitative estimate of drug-likeness (QED) is 0.606. The summed E-state index contributed by atoms with van der Waals surface area (Å²) in [5.74, 6) is 3.55. The molecule has 1 aromatic heterocycles. The van der Waals surface area contributed by atoms with Gasteiger partial charge in [-0.2, -0.15) is 11.8 Å². The van der Waals surface area contributed by atoms with Crippen molar-refractivity contribution < 1.29 is 0 Å². The third kappa shape index (κ3) is 4.73. The summed E-state index contributed by atoms with van der Waals surface area (Å²) < 4.78 is 0.985. The van der Waals surface area contributed by atoms with Crippen LogP contribution in [0.2, 0.25) is 0 Å². The number of anilines is 1. The second kappa shape index (κ2) is 6.50. The van der Waals surface area contributed by atoms with Crippen LogP contribution in [0.3, 0.4) is 0 Å². The summed E-state index contributed by atoms with van der Waals surface area (Å²) >= 11 is 5.18. The van der Waals surface area contributed by atoms with Crippen LogP contribution in [0.4, 0.5) is 5.13 Å². The molecule has 2 N–H and O–H groups in total. The number of nitrogens with two attached hydrogens (primary N) is 1. The minimum atomic E-state index is 0.561. The molecule has 74 valence electrons. The van der Waals surface area contributed by atoms with Crippen LogP contribution in [0.5, 0.6) is 0 Å². The molecule has 6 heteroatoms. The van der Waals surface area contributed by atoms with Gasteiger partial charge >= 0.3 is 0 Å². The first-order chi connectivity index (χ1) is 6.33. The van der Waals surface area contributed by atoms with Crippen LogP contribution in [0.15, 0.2) is 4.34 Å². The predicted octanol–water partition coefficient (Wildman–Crippen LogP) is 2.36. The number of aromatic nitrogens is 2. The number of nitrogens with zero attached hydrogens (tertiary/aromatic N) is 2. The molecule has 0 saturated heterocycles. The molecule has 0 unspecified atom stereocenters. The summed E-state index contributed by atoms with van der Waals surface area (Å²) in [7, 11) is 0. The lowest BCUT2D eigenvalue weighted by molar-refractivity contribution is 1.01. The minimum absolute atomic E-state index is 0.561. The van der Waals surface area contributed by atoms with Gasteiger partial charge in [-0.1, -0.05) is 30.0 Å². The highest BCUT2D eigenvalue weighted by Crippen LogP contribution is 2.24. The highest BCUT2D eigenvalue weighted by molar-refractivity contribution is 8.01. The normalized spacial score (nSPS) is 10.5. The van der Waals surface area contributed by atoms with Gasteiger partial charge in [0.25, 0.3) is 0 Å². The smallest absolute Gasteiger partial charge is 0.203 e. The molecule has 0 saturated carbocycles. The van der Waals surface area contributed by atoms with E-state index in [-0.39, 0.29) is 0 Å². The van der Waals surface area contributed by atoms with E-state index in [1.165, 1.54) is 29.3 Å². The summed E-state index contributed by atoms with van der Waals surface area (Å²) in [6.45, 7) is 2.18. The van der Waals surface area contributed by atoms with Crippen molar-refractivity contribution in [2.75, 3.05) is 23.0 Å². The van der Waals surface area contributed by atoms with Crippen molar-refractivity contribution in [1.82, 2.24) is 10.2 Å². The zero-order chi connectivity index (χ0) is 9.52. The molecule has 0 aliphatic rings. The van der Waals surface area contributed by atoms with Gasteiger partial charge in [-0.15, -0.1) is 10.2 Å². The molecule has 0 bridgehead atoms. The van der Waals surface area contributed by atoms with Gasteiger partial charge in [0.1, 0.15) is 0 Å². The van der Waals surface area contributed by atoms with Gasteiger partial charge in [0.15, 0.2) is 4.34 Å². The molecule has 0 radical (unpaired) electrons. The number of thioether (sulfide) groups is 2. The minimum Gasteiger partial charge on any atom is -0.374 e. The molecule has 0 spiro atoms. The number of rotatable bonds is 6. The van der Waals surface area contributed by atoms with Gasteiger partial charge < -0.3 is 5.73 Å². The van der Waals surface area contributed by atoms with E-state index in [0.717, 1.165) is 10.1 Å². The molecule has 1 aromatic rings. The van der Waals surface area contributed by atoms with E-state index >= 15 is 0 Å². The molecule has 3 nitrogen and oxygen atoms in total. The molecule has 0 aliphatic carbocycles. The summed E-state index contributed by atoms with van der Waals surface area (Å²) in [4.78, 5) is 0. The van der Waals surface area contributed by atoms with Gasteiger partial charge in [-0.25, -0.2) is 0 Å². The maximum absolute atomic E-state index is 5.46. The lowest BCUT2D eigenvalue weighted by atomic mass is 10.6. The molecular formula is C7H13N3S3. The Morgan fingerprint density at radius 1 is 1.38 bits per heavy atom. The van der Waals surface area contributed by atoms with Crippen LogP contribution in [0.1, 0.15) is 13.3 Å². The summed E-state index contributed by atoms with van der Waals surface area (Å²) in [5, 5.41) is 8.25. The number of nitrogen functional groups attached to an aromatic ring is 1. The fraction of sp³-hybridized carbons (Fsp3) is 0.714. The van der Waals surface area contributed by atoms with Crippen LogP contribution in [-0.2, 0) is 0 Å². The molecule has 13 heavy (non-hydrogen) atoms. The number of hydrogen-bond donors (Lipinski definition) is 1. The van der Waals surface area contributed by atoms with Gasteiger partial charge in [0, 0.05) is 5.75 Å². The fourth-order valence-electron chi connectivity index (χ4n) is 0.744. The average Bonchev–Trinajstić information content (AvgIpc) is 2.51. The second-order valence-corrected chi connectivity index (χ2v) is 6.05. The largest absolute Gasteiger partial charge is 0.374 e. The molecule has 0 atom stereocenters. The van der Waals surface area contributed by atoms with Crippen LogP contribution in [0, 0.1) is 0 Å². The molecule has 1 rings (SSSR count). The number of hydrogen-bond acceptors (Lipinski definition) is 6. The molecule has 0 aliphatic heterocycles. The predicted molar refractivity (Wildman–Crippen MR) is 62.7 cm³/mol. The monoisotopic (exact) mass is 235 g/mol. The standard InChI is InChI=1S/C7H13N3S3/c1-2-11-4-3-5-12-7-10-9-6(8)13-7/h2-5H2,1H3,(H2,8,9). The third-order valence-electron chi connectivity index (χ3n) is 1.28. The van der Waals surface area contributed by atoms with Crippen molar-refractivity contribution in [3.8, 4) is 0 Å². The highest BCUT2D eigenvalue weighted by atomic mass is 32.2. The average molecular weight is 235 g/mol. The van der Waals surface area contributed by atoms with Crippen LogP contribution >= 0.6 is 34.9 Å². The Labute approximate surface area is 90.9 Å². The van der Waals surface area contributed by atoms with E-state index < -0.39 is 0 Å². The fourth-order valence-corrected chi connectivity index (χ4v) is 3.21. The Hall–Kier alpha value is 0.0600. The van der Waals surface area contributed by atoms with Gasteiger partial charge in [0.05, 0.1) is 0 Å². The van der Waals surface area contributed by atoms with Gasteiger partial charge in [-0.3, -0.25) is 0 Å². The zero-order valence-corrected chi connectivity index (χ0v) is 9.97. The summed E-state index contributed by atoms with van der Waals surface area (Å²) in [5.41, 5.74) is 5.46. The summed E-state index contributed by atoms with van der Waals surface area (Å²) in [6.07, 6.45) is 1.22. The molecule has 1 heterocycles. The molecule has 0 aromatic carbocycles. The Balaban J connectivity index is 2.06. The second-order valence-electron chi connectivity index (χ2n) is 2.31. The first kappa shape index (κ1) is 11.1. The third-order valence-corrected chi connectivity index (χ3v) is 4.24. The summed E-state index contributed by atoms with van der Waals surface area (Å²) in [6, 6.07) is 0. The maximum Gasteiger partial charge on any atom is 0.203 e. The topological polar surface area (TPSA) is 51.8 Å². The van der Waals surface area contributed by atoms with Crippen molar-refractivity contribution in [1.29, 1.82) is 0 Å². The lowest BCUT2D eigenvalue weighted by Gasteiger charge is -1.96. The first-order valence-electron chi connectivity index (χ1n) is 4.12. The maximum atomic E-state index is 5.46. The Morgan fingerprint density at radius 2 is 2.23 bits per heavy atom. The van der Waals surface area contributed by atoms with Gasteiger partial charge in [0.2, 0.25) is 5.13 Å². The van der Waals surface area contributed by atoms with Crippen molar-refractivity contribution in [3.05, 3.63) is 0 Å². The van der Waals surface area contributed by atoms with Crippen LogP contribution in [-0.4, -0.2) is 27.5 Å². The van der Waals surface area contributed by atoms with E-state index in [9.17, 15) is 0 Å². The SMILES string of the molecule is CCSCCCSc1nnc(N)s1. The van der Waals surface area contributed by atoms with Crippen LogP contribution < -0.4 is 5.73 Å². The Morgan fingerprint density at radius 3 is 2.85 bits per heavy atom. The first-order valence-corrected chi connectivity index (χ1v) is 7.08. The lowest BCUT2D eigenvalue weighted by Crippen LogP contribution is -1.84. The highest BCUT2D eigenvalue weighted by Gasteiger charge is 2.00. The van der Waals surface area contributed by atoms with E-state index in [1.54, 1.807) is 11.8 Å². The molecule has 0 fully saturated rings. The van der Waals surface area contributed by atoms with Crippen LogP contribution in [0.25, 0.3) is 0 Å². The van der Waals surface area contributed by atoms with Crippen molar-refractivity contribution in [2.24, 2.45) is 0 Å². The Bertz CT molecular complexity index is 239. The zero-order valence-electron chi connectivity index (χ0n) is 7.52. The van der Waals surface area contributed by atoms with E-state index in [2.05, 4.69) is 17.1 Å². The molecule has 0 amide bonds.